The molecule has 1 N–H and O–H groups in total. The van der Waals surface area contributed by atoms with E-state index in [4.69, 9.17) is 11.6 Å². The molecule has 3 rings (SSSR count). The Bertz CT molecular complexity index is 563. The summed E-state index contributed by atoms with van der Waals surface area (Å²) < 4.78 is 14.7. The zero-order valence-electron chi connectivity index (χ0n) is 9.75. The number of halogens is 2. The molecule has 1 aromatic heterocycles. The average molecular weight is 282 g/mol. The van der Waals surface area contributed by atoms with Gasteiger partial charge in [-0.2, -0.15) is 0 Å². The molecule has 1 heterocycles. The van der Waals surface area contributed by atoms with Crippen molar-refractivity contribution in [3.05, 3.63) is 46.0 Å². The number of rotatable bonds is 4. The van der Waals surface area contributed by atoms with E-state index in [1.54, 1.807) is 12.1 Å². The number of benzene rings is 1. The molecule has 0 amide bonds. The lowest BCUT2D eigenvalue weighted by atomic mass is 10.1. The normalized spacial score (nSPS) is 15.0. The maximum atomic E-state index is 14.0. The van der Waals surface area contributed by atoms with Gasteiger partial charge in [0.25, 0.3) is 0 Å². The van der Waals surface area contributed by atoms with Gasteiger partial charge in [-0.3, -0.25) is 0 Å². The third-order valence-corrected chi connectivity index (χ3v) is 4.31. The van der Waals surface area contributed by atoms with Gasteiger partial charge in [0.1, 0.15) is 5.82 Å². The number of hydrogen-bond donors (Lipinski definition) is 1. The maximum Gasteiger partial charge on any atom is 0.132 e. The first-order valence-corrected chi connectivity index (χ1v) is 7.19. The highest BCUT2D eigenvalue weighted by molar-refractivity contribution is 7.19. The van der Waals surface area contributed by atoms with Gasteiger partial charge in [-0.25, -0.2) is 4.39 Å². The van der Waals surface area contributed by atoms with Crippen LogP contribution in [0, 0.1) is 5.82 Å². The Morgan fingerprint density at radius 2 is 2.11 bits per heavy atom. The summed E-state index contributed by atoms with van der Waals surface area (Å²) in [6.45, 7) is 0.743. The Morgan fingerprint density at radius 1 is 1.28 bits per heavy atom. The van der Waals surface area contributed by atoms with Gasteiger partial charge < -0.3 is 5.32 Å². The van der Waals surface area contributed by atoms with Crippen LogP contribution in [-0.2, 0) is 6.54 Å². The van der Waals surface area contributed by atoms with Crippen molar-refractivity contribution >= 4 is 22.9 Å². The summed E-state index contributed by atoms with van der Waals surface area (Å²) in [5.41, 5.74) is 1.62. The van der Waals surface area contributed by atoms with Crippen LogP contribution >= 0.6 is 22.9 Å². The first-order chi connectivity index (χ1) is 8.72. The fourth-order valence-electron chi connectivity index (χ4n) is 1.88. The molecule has 94 valence electrons. The second-order valence-electron chi connectivity index (χ2n) is 4.57. The van der Waals surface area contributed by atoms with Crippen molar-refractivity contribution in [2.75, 3.05) is 0 Å². The topological polar surface area (TPSA) is 12.0 Å². The van der Waals surface area contributed by atoms with Gasteiger partial charge in [0.2, 0.25) is 0 Å². The molecule has 18 heavy (non-hydrogen) atoms. The van der Waals surface area contributed by atoms with E-state index in [1.165, 1.54) is 24.2 Å². The molecule has 2 aromatic rings. The molecule has 0 aliphatic heterocycles. The highest BCUT2D eigenvalue weighted by Crippen LogP contribution is 2.33. The van der Waals surface area contributed by atoms with Crippen molar-refractivity contribution in [2.45, 2.75) is 25.4 Å². The van der Waals surface area contributed by atoms with Gasteiger partial charge in [-0.15, -0.1) is 11.3 Å². The Kier molecular flexibility index (Phi) is 3.37. The first kappa shape index (κ1) is 12.2. The molecule has 1 saturated carbocycles. The minimum absolute atomic E-state index is 0.177. The molecule has 4 heteroatoms. The quantitative estimate of drug-likeness (QED) is 0.872. The zero-order chi connectivity index (χ0) is 12.5. The number of thiophene rings is 1. The largest absolute Gasteiger partial charge is 0.310 e. The van der Waals surface area contributed by atoms with Gasteiger partial charge in [0, 0.05) is 23.0 Å². The lowest BCUT2D eigenvalue weighted by Gasteiger charge is -2.06. The van der Waals surface area contributed by atoms with Crippen LogP contribution in [0.25, 0.3) is 10.4 Å². The average Bonchev–Trinajstić information content (AvgIpc) is 3.09. The monoisotopic (exact) mass is 281 g/mol. The third kappa shape index (κ3) is 2.74. The van der Waals surface area contributed by atoms with Crippen molar-refractivity contribution in [2.24, 2.45) is 0 Å². The van der Waals surface area contributed by atoms with Crippen molar-refractivity contribution < 1.29 is 4.39 Å². The lowest BCUT2D eigenvalue weighted by molar-refractivity contribution is 0.623. The molecule has 1 aliphatic rings. The minimum Gasteiger partial charge on any atom is -0.310 e. The van der Waals surface area contributed by atoms with E-state index in [2.05, 4.69) is 5.32 Å². The van der Waals surface area contributed by atoms with Crippen molar-refractivity contribution in [1.29, 1.82) is 0 Å². The highest BCUT2D eigenvalue weighted by Gasteiger charge is 2.20. The van der Waals surface area contributed by atoms with Gasteiger partial charge in [0.05, 0.1) is 4.34 Å². The Balaban J connectivity index is 1.79. The Labute approximate surface area is 115 Å². The zero-order valence-corrected chi connectivity index (χ0v) is 11.3. The second-order valence-corrected chi connectivity index (χ2v) is 6.29. The van der Waals surface area contributed by atoms with E-state index in [9.17, 15) is 4.39 Å². The van der Waals surface area contributed by atoms with Gasteiger partial charge in [-0.05, 0) is 36.6 Å². The van der Waals surface area contributed by atoms with E-state index in [-0.39, 0.29) is 5.82 Å². The van der Waals surface area contributed by atoms with Crippen LogP contribution in [-0.4, -0.2) is 6.04 Å². The smallest absolute Gasteiger partial charge is 0.132 e. The highest BCUT2D eigenvalue weighted by atomic mass is 35.5. The molecule has 0 atom stereocenters. The summed E-state index contributed by atoms with van der Waals surface area (Å²) in [5, 5.41) is 3.38. The summed E-state index contributed by atoms with van der Waals surface area (Å²) in [6, 6.07) is 9.71. The predicted molar refractivity (Wildman–Crippen MR) is 74.6 cm³/mol. The van der Waals surface area contributed by atoms with Crippen LogP contribution < -0.4 is 5.32 Å². The minimum atomic E-state index is -0.177. The molecule has 1 fully saturated rings. The molecule has 0 unspecified atom stereocenters. The Morgan fingerprint density at radius 3 is 2.72 bits per heavy atom. The SMILES string of the molecule is Fc1cc(CNC2CC2)ccc1-c1ccc(Cl)s1. The summed E-state index contributed by atoms with van der Waals surface area (Å²) in [7, 11) is 0. The van der Waals surface area contributed by atoms with E-state index < -0.39 is 0 Å². The third-order valence-electron chi connectivity index (χ3n) is 3.04. The fourth-order valence-corrected chi connectivity index (χ4v) is 2.95. The van der Waals surface area contributed by atoms with Crippen molar-refractivity contribution in [3.8, 4) is 10.4 Å². The molecular weight excluding hydrogens is 269 g/mol. The standard InChI is InChI=1S/C14H13ClFNS/c15-14-6-5-13(18-14)11-4-1-9(7-12(11)16)8-17-10-2-3-10/h1,4-7,10,17H,2-3,8H2. The fraction of sp³-hybridized carbons (Fsp3) is 0.286. The van der Waals surface area contributed by atoms with Crippen LogP contribution in [0.2, 0.25) is 4.34 Å². The van der Waals surface area contributed by atoms with Crippen molar-refractivity contribution in [1.82, 2.24) is 5.32 Å². The second kappa shape index (κ2) is 5.00. The van der Waals surface area contributed by atoms with Gasteiger partial charge >= 0.3 is 0 Å². The van der Waals surface area contributed by atoms with Gasteiger partial charge in [0.15, 0.2) is 0 Å². The number of hydrogen-bond acceptors (Lipinski definition) is 2. The van der Waals surface area contributed by atoms with Crippen LogP contribution in [0.15, 0.2) is 30.3 Å². The Hall–Kier alpha value is -0.900. The molecule has 0 bridgehead atoms. The predicted octanol–water partition coefficient (Wildman–Crippen LogP) is 4.46. The molecule has 1 aromatic carbocycles. The van der Waals surface area contributed by atoms with Crippen LogP contribution in [0.5, 0.6) is 0 Å². The van der Waals surface area contributed by atoms with Crippen LogP contribution in [0.4, 0.5) is 4.39 Å². The summed E-state index contributed by atoms with van der Waals surface area (Å²) in [4.78, 5) is 0.874. The molecular formula is C14H13ClFNS. The summed E-state index contributed by atoms with van der Waals surface area (Å²) >= 11 is 7.27. The molecule has 0 radical (unpaired) electrons. The molecule has 0 spiro atoms. The molecule has 0 saturated heterocycles. The van der Waals surface area contributed by atoms with Crippen molar-refractivity contribution in [3.63, 3.8) is 0 Å². The van der Waals surface area contributed by atoms with E-state index in [1.807, 2.05) is 18.2 Å². The van der Waals surface area contributed by atoms with Crippen LogP contribution in [0.3, 0.4) is 0 Å². The first-order valence-electron chi connectivity index (χ1n) is 6.00. The molecule has 1 nitrogen and oxygen atoms in total. The maximum absolute atomic E-state index is 14.0. The lowest BCUT2D eigenvalue weighted by Crippen LogP contribution is -2.15. The summed E-state index contributed by atoms with van der Waals surface area (Å²) in [6.07, 6.45) is 2.49. The van der Waals surface area contributed by atoms with Crippen LogP contribution in [0.1, 0.15) is 18.4 Å². The van der Waals surface area contributed by atoms with E-state index >= 15 is 0 Å². The van der Waals surface area contributed by atoms with E-state index in [0.717, 1.165) is 17.0 Å². The molecule has 1 aliphatic carbocycles. The van der Waals surface area contributed by atoms with E-state index in [0.29, 0.717) is 15.9 Å². The van der Waals surface area contributed by atoms with Gasteiger partial charge in [-0.1, -0.05) is 23.7 Å². The number of nitrogens with one attached hydrogen (secondary N) is 1. The summed E-state index contributed by atoms with van der Waals surface area (Å²) in [5.74, 6) is -0.177.